The van der Waals surface area contributed by atoms with Gasteiger partial charge in [-0.15, -0.1) is 5.10 Å². The van der Waals surface area contributed by atoms with Gasteiger partial charge in [-0.25, -0.2) is 4.68 Å². The lowest BCUT2D eigenvalue weighted by Crippen LogP contribution is -2.54. The largest absolute Gasteiger partial charge is 0.507 e. The fraction of sp³-hybridized carbons (Fsp3) is 0.391. The molecule has 166 valence electrons. The summed E-state index contributed by atoms with van der Waals surface area (Å²) < 4.78 is 1.69. The van der Waals surface area contributed by atoms with E-state index in [1.165, 1.54) is 6.07 Å². The standard InChI is InChI=1S/C23H26N6O3/c1-2-27-9-10-28-14-17(27)7-4-8-29-22(24-25-26-29)19-12-18(20(30)13-21(19)31)15-5-3-6-16(11-15)23(28)32/h3,5-6,11-13,17,30-31H,2,4,7-10,14H2,1H3. The van der Waals surface area contributed by atoms with Crippen molar-refractivity contribution in [3.63, 3.8) is 0 Å². The topological polar surface area (TPSA) is 108 Å². The second kappa shape index (κ2) is 8.23. The van der Waals surface area contributed by atoms with Crippen LogP contribution < -0.4 is 0 Å². The van der Waals surface area contributed by atoms with Gasteiger partial charge in [0.05, 0.1) is 5.56 Å². The number of tetrazole rings is 1. The summed E-state index contributed by atoms with van der Waals surface area (Å²) in [5, 5.41) is 33.2. The minimum atomic E-state index is -0.0991. The summed E-state index contributed by atoms with van der Waals surface area (Å²) in [4.78, 5) is 17.7. The highest BCUT2D eigenvalue weighted by Crippen LogP contribution is 2.39. The molecule has 0 radical (unpaired) electrons. The van der Waals surface area contributed by atoms with E-state index in [0.717, 1.165) is 25.9 Å². The third-order valence-corrected chi connectivity index (χ3v) is 6.51. The number of piperazine rings is 1. The van der Waals surface area contributed by atoms with Gasteiger partial charge in [0.25, 0.3) is 5.91 Å². The van der Waals surface area contributed by atoms with E-state index < -0.39 is 0 Å². The van der Waals surface area contributed by atoms with Gasteiger partial charge in [0.15, 0.2) is 5.82 Å². The number of hydrogen-bond donors (Lipinski definition) is 2. The Kier molecular flexibility index (Phi) is 5.26. The first-order valence-electron chi connectivity index (χ1n) is 11.0. The highest BCUT2D eigenvalue weighted by Gasteiger charge is 2.29. The molecule has 6 bridgehead atoms. The smallest absolute Gasteiger partial charge is 0.253 e. The third-order valence-electron chi connectivity index (χ3n) is 6.51. The minimum Gasteiger partial charge on any atom is -0.507 e. The SMILES string of the molecule is CCN1CCN2CC1CCCn1nnnc1-c1cc(c(O)cc1O)-c1cccc(c1)C2=O. The van der Waals surface area contributed by atoms with E-state index in [1.807, 2.05) is 23.1 Å². The van der Waals surface area contributed by atoms with Crippen LogP contribution in [0.25, 0.3) is 22.5 Å². The maximum absolute atomic E-state index is 13.3. The number of carbonyl (C=O) groups is 1. The number of aromatic hydroxyl groups is 2. The number of aromatic nitrogens is 4. The van der Waals surface area contributed by atoms with Crippen molar-refractivity contribution < 1.29 is 15.0 Å². The zero-order valence-electron chi connectivity index (χ0n) is 18.0. The van der Waals surface area contributed by atoms with E-state index in [4.69, 9.17) is 0 Å². The maximum atomic E-state index is 13.3. The van der Waals surface area contributed by atoms with Gasteiger partial charge in [-0.3, -0.25) is 9.69 Å². The second-order valence-corrected chi connectivity index (χ2v) is 8.37. The molecule has 1 saturated heterocycles. The molecular weight excluding hydrogens is 408 g/mol. The van der Waals surface area contributed by atoms with Gasteiger partial charge in [-0.1, -0.05) is 19.1 Å². The Labute approximate surface area is 185 Å². The number of nitrogens with zero attached hydrogens (tertiary/aromatic N) is 6. The molecule has 1 atom stereocenters. The van der Waals surface area contributed by atoms with E-state index in [1.54, 1.807) is 16.8 Å². The van der Waals surface area contributed by atoms with Crippen LogP contribution in [0.5, 0.6) is 11.5 Å². The summed E-state index contributed by atoms with van der Waals surface area (Å²) in [6.07, 6.45) is 1.74. The summed E-state index contributed by atoms with van der Waals surface area (Å²) in [6, 6.07) is 10.5. The number of likely N-dealkylation sites (N-methyl/N-ethyl adjacent to an activating group) is 1. The Morgan fingerprint density at radius 2 is 1.84 bits per heavy atom. The lowest BCUT2D eigenvalue weighted by Gasteiger charge is -2.41. The van der Waals surface area contributed by atoms with Gasteiger partial charge in [-0.05, 0) is 53.6 Å². The second-order valence-electron chi connectivity index (χ2n) is 8.37. The fourth-order valence-corrected chi connectivity index (χ4v) is 4.78. The molecule has 0 aliphatic carbocycles. The predicted molar refractivity (Wildman–Crippen MR) is 118 cm³/mol. The maximum Gasteiger partial charge on any atom is 0.253 e. The molecule has 32 heavy (non-hydrogen) atoms. The van der Waals surface area contributed by atoms with Crippen molar-refractivity contribution >= 4 is 5.91 Å². The monoisotopic (exact) mass is 434 g/mol. The van der Waals surface area contributed by atoms with Gasteiger partial charge in [0, 0.05) is 49.4 Å². The molecule has 2 aliphatic heterocycles. The van der Waals surface area contributed by atoms with Crippen molar-refractivity contribution in [2.75, 3.05) is 26.2 Å². The molecule has 9 nitrogen and oxygen atoms in total. The van der Waals surface area contributed by atoms with Crippen LogP contribution in [-0.4, -0.2) is 78.3 Å². The van der Waals surface area contributed by atoms with Gasteiger partial charge in [-0.2, -0.15) is 0 Å². The van der Waals surface area contributed by atoms with E-state index in [-0.39, 0.29) is 23.4 Å². The minimum absolute atomic E-state index is 0.000221. The Hall–Kier alpha value is -3.46. The summed E-state index contributed by atoms with van der Waals surface area (Å²) in [6.45, 7) is 5.90. The Morgan fingerprint density at radius 1 is 1.03 bits per heavy atom. The van der Waals surface area contributed by atoms with E-state index in [0.29, 0.717) is 47.7 Å². The molecule has 5 rings (SSSR count). The van der Waals surface area contributed by atoms with Crippen LogP contribution in [0, 0.1) is 0 Å². The Morgan fingerprint density at radius 3 is 2.69 bits per heavy atom. The Bertz CT molecular complexity index is 1160. The third kappa shape index (κ3) is 3.58. The van der Waals surface area contributed by atoms with Crippen LogP contribution in [0.4, 0.5) is 0 Å². The van der Waals surface area contributed by atoms with Crippen LogP contribution in [0.15, 0.2) is 36.4 Å². The summed E-state index contributed by atoms with van der Waals surface area (Å²) in [5.41, 5.74) is 2.21. The number of fused-ring (bicyclic) bond motifs is 9. The molecule has 1 unspecified atom stereocenters. The van der Waals surface area contributed by atoms with Gasteiger partial charge in [0.2, 0.25) is 0 Å². The van der Waals surface area contributed by atoms with Crippen molar-refractivity contribution in [1.29, 1.82) is 0 Å². The zero-order chi connectivity index (χ0) is 22.2. The first-order chi connectivity index (χ1) is 15.5. The van der Waals surface area contributed by atoms with E-state index in [2.05, 4.69) is 27.3 Å². The number of amides is 1. The van der Waals surface area contributed by atoms with Crippen LogP contribution in [0.3, 0.4) is 0 Å². The highest BCUT2D eigenvalue weighted by molar-refractivity contribution is 5.96. The first kappa shape index (κ1) is 20.4. The molecule has 1 aromatic heterocycles. The number of benzene rings is 2. The molecule has 0 saturated carbocycles. The normalized spacial score (nSPS) is 19.2. The van der Waals surface area contributed by atoms with Crippen molar-refractivity contribution in [2.24, 2.45) is 0 Å². The highest BCUT2D eigenvalue weighted by atomic mass is 16.3. The molecule has 1 amide bonds. The number of carbonyl (C=O) groups excluding carboxylic acids is 1. The Balaban J connectivity index is 1.64. The van der Waals surface area contributed by atoms with Crippen LogP contribution in [0.1, 0.15) is 30.1 Å². The van der Waals surface area contributed by atoms with Crippen molar-refractivity contribution in [3.8, 4) is 34.0 Å². The zero-order valence-corrected chi connectivity index (χ0v) is 18.0. The molecule has 0 spiro atoms. The number of phenolic OH excluding ortho intramolecular Hbond substituents is 2. The molecule has 9 heteroatoms. The molecule has 2 aromatic carbocycles. The average Bonchev–Trinajstić information content (AvgIpc) is 3.26. The number of aryl methyl sites for hydroxylation is 1. The quantitative estimate of drug-likeness (QED) is 0.605. The van der Waals surface area contributed by atoms with Crippen molar-refractivity contribution in [1.82, 2.24) is 30.0 Å². The van der Waals surface area contributed by atoms with E-state index in [9.17, 15) is 15.0 Å². The van der Waals surface area contributed by atoms with Crippen LogP contribution >= 0.6 is 0 Å². The molecule has 3 heterocycles. The fourth-order valence-electron chi connectivity index (χ4n) is 4.78. The lowest BCUT2D eigenvalue weighted by atomic mass is 9.98. The summed E-state index contributed by atoms with van der Waals surface area (Å²) >= 11 is 0. The first-order valence-corrected chi connectivity index (χ1v) is 11.0. The number of phenols is 2. The van der Waals surface area contributed by atoms with Crippen molar-refractivity contribution in [3.05, 3.63) is 42.0 Å². The average molecular weight is 435 g/mol. The molecular formula is C23H26N6O3. The summed E-state index contributed by atoms with van der Waals surface area (Å²) in [5.74, 6) is 0.275. The number of hydrogen-bond acceptors (Lipinski definition) is 7. The van der Waals surface area contributed by atoms with Crippen molar-refractivity contribution in [2.45, 2.75) is 32.4 Å². The molecule has 3 aromatic rings. The summed E-state index contributed by atoms with van der Waals surface area (Å²) in [7, 11) is 0. The molecule has 2 aliphatic rings. The van der Waals surface area contributed by atoms with Gasteiger partial charge >= 0.3 is 0 Å². The van der Waals surface area contributed by atoms with E-state index >= 15 is 0 Å². The van der Waals surface area contributed by atoms with Gasteiger partial charge in [0.1, 0.15) is 11.5 Å². The van der Waals surface area contributed by atoms with Gasteiger partial charge < -0.3 is 15.1 Å². The van der Waals surface area contributed by atoms with Crippen LogP contribution in [-0.2, 0) is 6.54 Å². The number of rotatable bonds is 1. The van der Waals surface area contributed by atoms with Crippen LogP contribution in [0.2, 0.25) is 0 Å². The lowest BCUT2D eigenvalue weighted by molar-refractivity contribution is 0.0473. The predicted octanol–water partition coefficient (Wildman–Crippen LogP) is 2.36. The molecule has 1 fully saturated rings. The molecule has 2 N–H and O–H groups in total.